The predicted molar refractivity (Wildman–Crippen MR) is 201 cm³/mol. The molecule has 0 amide bonds. The van der Waals surface area contributed by atoms with Gasteiger partial charge in [-0.25, -0.2) is 19.3 Å². The summed E-state index contributed by atoms with van der Waals surface area (Å²) in [4.78, 5) is 15.1. The molecule has 50 heavy (non-hydrogen) atoms. The van der Waals surface area contributed by atoms with E-state index >= 15 is 4.39 Å². The van der Waals surface area contributed by atoms with Gasteiger partial charge in [-0.15, -0.1) is 0 Å². The molecule has 0 N–H and O–H groups in total. The van der Waals surface area contributed by atoms with Crippen LogP contribution in [0.5, 0.6) is 0 Å². The van der Waals surface area contributed by atoms with E-state index in [0.29, 0.717) is 23.0 Å². The number of fused-ring (bicyclic) bond motifs is 3. The van der Waals surface area contributed by atoms with E-state index in [1.807, 2.05) is 91.0 Å². The monoisotopic (exact) mass is 644 g/mol. The van der Waals surface area contributed by atoms with Crippen LogP contribution in [-0.2, 0) is 0 Å². The first-order valence-electron chi connectivity index (χ1n) is 16.6. The topological polar surface area (TPSA) is 43.6 Å². The maximum absolute atomic E-state index is 15.4. The summed E-state index contributed by atoms with van der Waals surface area (Å²) >= 11 is 0. The van der Waals surface area contributed by atoms with Crippen LogP contribution in [0.3, 0.4) is 0 Å². The van der Waals surface area contributed by atoms with E-state index in [2.05, 4.69) is 77.4 Å². The lowest BCUT2D eigenvalue weighted by Gasteiger charge is -2.17. The highest BCUT2D eigenvalue weighted by Crippen LogP contribution is 2.40. The summed E-state index contributed by atoms with van der Waals surface area (Å²) < 4.78 is 17.6. The van der Waals surface area contributed by atoms with Gasteiger partial charge in [0.1, 0.15) is 5.82 Å². The summed E-state index contributed by atoms with van der Waals surface area (Å²) in [5.74, 6) is 1.40. The van der Waals surface area contributed by atoms with Crippen LogP contribution in [0, 0.1) is 5.82 Å². The summed E-state index contributed by atoms with van der Waals surface area (Å²) in [5, 5.41) is 2.24. The molecular weight excluding hydrogens is 616 g/mol. The van der Waals surface area contributed by atoms with Crippen molar-refractivity contribution in [1.82, 2.24) is 19.5 Å². The lowest BCUT2D eigenvalue weighted by atomic mass is 10.0. The predicted octanol–water partition coefficient (Wildman–Crippen LogP) is 11.4. The molecular formula is C45H29FN4. The van der Waals surface area contributed by atoms with E-state index in [9.17, 15) is 0 Å². The summed E-state index contributed by atoms with van der Waals surface area (Å²) in [6, 6.07) is 58.3. The van der Waals surface area contributed by atoms with Gasteiger partial charge in [-0.2, -0.15) is 0 Å². The molecule has 0 bridgehead atoms. The van der Waals surface area contributed by atoms with E-state index in [1.165, 1.54) is 6.07 Å². The third-order valence-electron chi connectivity index (χ3n) is 9.14. The van der Waals surface area contributed by atoms with Gasteiger partial charge in [0.15, 0.2) is 17.5 Å². The van der Waals surface area contributed by atoms with Crippen LogP contribution < -0.4 is 0 Å². The number of para-hydroxylation sites is 1. The summed E-state index contributed by atoms with van der Waals surface area (Å²) in [6.45, 7) is 0. The van der Waals surface area contributed by atoms with Gasteiger partial charge >= 0.3 is 0 Å². The lowest BCUT2D eigenvalue weighted by molar-refractivity contribution is 0.631. The van der Waals surface area contributed by atoms with Crippen molar-refractivity contribution in [2.45, 2.75) is 0 Å². The number of hydrogen-bond donors (Lipinski definition) is 0. The Labute approximate surface area is 288 Å². The Morgan fingerprint density at radius 1 is 0.360 bits per heavy atom. The SMILES string of the molecule is Fc1ccccc1-c1ccc(-c2nc(-c3ccccc3)nc(-c3ccccc3)n2)c(-n2c3ccccc3c3ccc(-c4ccccc4)cc32)c1. The first-order chi connectivity index (χ1) is 24.7. The molecule has 2 aromatic heterocycles. The number of rotatable bonds is 6. The molecule has 0 aliphatic rings. The van der Waals surface area contributed by atoms with Crippen LogP contribution in [0.4, 0.5) is 4.39 Å². The van der Waals surface area contributed by atoms with Crippen molar-refractivity contribution in [1.29, 1.82) is 0 Å². The van der Waals surface area contributed by atoms with Crippen LogP contribution >= 0.6 is 0 Å². The molecule has 5 heteroatoms. The zero-order valence-corrected chi connectivity index (χ0v) is 26.9. The lowest BCUT2D eigenvalue weighted by Crippen LogP contribution is -2.04. The van der Waals surface area contributed by atoms with Gasteiger partial charge in [0, 0.05) is 33.0 Å². The van der Waals surface area contributed by atoms with Crippen LogP contribution in [0.1, 0.15) is 0 Å². The van der Waals surface area contributed by atoms with E-state index in [1.54, 1.807) is 6.07 Å². The Bertz CT molecular complexity index is 2590. The smallest absolute Gasteiger partial charge is 0.166 e. The Morgan fingerprint density at radius 3 is 1.58 bits per heavy atom. The fourth-order valence-electron chi connectivity index (χ4n) is 6.74. The van der Waals surface area contributed by atoms with Gasteiger partial charge in [-0.1, -0.05) is 146 Å². The second-order valence-electron chi connectivity index (χ2n) is 12.2. The van der Waals surface area contributed by atoms with Gasteiger partial charge in [0.05, 0.1) is 16.7 Å². The second kappa shape index (κ2) is 12.4. The molecule has 2 heterocycles. The molecule has 7 aromatic carbocycles. The molecule has 0 spiro atoms. The average Bonchev–Trinajstić information content (AvgIpc) is 3.52. The van der Waals surface area contributed by atoms with Crippen LogP contribution in [0.2, 0.25) is 0 Å². The van der Waals surface area contributed by atoms with E-state index in [4.69, 9.17) is 15.0 Å². The minimum Gasteiger partial charge on any atom is -0.308 e. The molecule has 9 aromatic rings. The average molecular weight is 645 g/mol. The first-order valence-corrected chi connectivity index (χ1v) is 16.6. The van der Waals surface area contributed by atoms with Crippen LogP contribution in [-0.4, -0.2) is 19.5 Å². The molecule has 0 aliphatic heterocycles. The van der Waals surface area contributed by atoms with Crippen LogP contribution in [0.25, 0.3) is 83.9 Å². The van der Waals surface area contributed by atoms with Gasteiger partial charge in [-0.05, 0) is 47.0 Å². The van der Waals surface area contributed by atoms with Crippen molar-refractivity contribution >= 4 is 21.8 Å². The van der Waals surface area contributed by atoms with E-state index in [-0.39, 0.29) is 5.82 Å². The zero-order valence-electron chi connectivity index (χ0n) is 26.9. The molecule has 0 saturated carbocycles. The summed E-state index contributed by atoms with van der Waals surface area (Å²) in [7, 11) is 0. The third kappa shape index (κ3) is 5.22. The van der Waals surface area contributed by atoms with Crippen molar-refractivity contribution in [2.75, 3.05) is 0 Å². The van der Waals surface area contributed by atoms with Crippen molar-refractivity contribution < 1.29 is 4.39 Å². The minimum atomic E-state index is -0.280. The minimum absolute atomic E-state index is 0.280. The van der Waals surface area contributed by atoms with Gasteiger partial charge < -0.3 is 4.57 Å². The molecule has 9 rings (SSSR count). The summed E-state index contributed by atoms with van der Waals surface area (Å²) in [5.41, 5.74) is 8.99. The number of halogens is 1. The van der Waals surface area contributed by atoms with Crippen LogP contribution in [0.15, 0.2) is 176 Å². The quantitative estimate of drug-likeness (QED) is 0.181. The van der Waals surface area contributed by atoms with Crippen molar-refractivity contribution in [2.24, 2.45) is 0 Å². The highest BCUT2D eigenvalue weighted by Gasteiger charge is 2.21. The van der Waals surface area contributed by atoms with E-state index in [0.717, 1.165) is 60.9 Å². The molecule has 0 unspecified atom stereocenters. The first kappa shape index (κ1) is 29.4. The largest absolute Gasteiger partial charge is 0.308 e. The van der Waals surface area contributed by atoms with Gasteiger partial charge in [0.2, 0.25) is 0 Å². The fraction of sp³-hybridized carbons (Fsp3) is 0. The zero-order chi connectivity index (χ0) is 33.4. The Hall–Kier alpha value is -6.72. The normalized spacial score (nSPS) is 11.3. The number of aromatic nitrogens is 4. The number of nitrogens with zero attached hydrogens (tertiary/aromatic N) is 4. The molecule has 0 aliphatic carbocycles. The van der Waals surface area contributed by atoms with Crippen molar-refractivity contribution in [3.63, 3.8) is 0 Å². The highest BCUT2D eigenvalue weighted by molar-refractivity contribution is 6.10. The Morgan fingerprint density at radius 2 is 0.900 bits per heavy atom. The molecule has 4 nitrogen and oxygen atoms in total. The highest BCUT2D eigenvalue weighted by atomic mass is 19.1. The van der Waals surface area contributed by atoms with Gasteiger partial charge in [0.25, 0.3) is 0 Å². The van der Waals surface area contributed by atoms with Gasteiger partial charge in [-0.3, -0.25) is 0 Å². The number of hydrogen-bond acceptors (Lipinski definition) is 3. The molecule has 236 valence electrons. The summed E-state index contributed by atoms with van der Waals surface area (Å²) in [6.07, 6.45) is 0. The molecule has 0 radical (unpaired) electrons. The van der Waals surface area contributed by atoms with Crippen molar-refractivity contribution in [3.8, 4) is 62.1 Å². The third-order valence-corrected chi connectivity index (χ3v) is 9.14. The van der Waals surface area contributed by atoms with E-state index < -0.39 is 0 Å². The molecule has 0 atom stereocenters. The molecule has 0 fully saturated rings. The second-order valence-corrected chi connectivity index (χ2v) is 12.2. The number of benzene rings is 7. The fourth-order valence-corrected chi connectivity index (χ4v) is 6.74. The Kier molecular flexibility index (Phi) is 7.29. The maximum Gasteiger partial charge on any atom is 0.166 e. The standard InChI is InChI=1S/C45H29FN4/c46-39-22-12-10-20-35(39)34-25-27-38(45-48-43(31-16-6-2-7-17-31)47-44(49-45)32-18-8-3-9-19-32)42(29-34)50-40-23-13-11-21-36(40)37-26-24-33(28-41(37)50)30-14-4-1-5-15-30/h1-29H. The Balaban J connectivity index is 1.37. The molecule has 0 saturated heterocycles. The van der Waals surface area contributed by atoms with Crippen molar-refractivity contribution in [3.05, 3.63) is 182 Å². The maximum atomic E-state index is 15.4.